The van der Waals surface area contributed by atoms with Crippen molar-refractivity contribution in [3.05, 3.63) is 166 Å². The Morgan fingerprint density at radius 1 is 0.591 bits per heavy atom. The largest absolute Gasteiger partial charge is 0.507 e. The maximum atomic E-state index is 12.6. The number of para-hydroxylation sites is 1. The lowest BCUT2D eigenvalue weighted by atomic mass is 9.79. The van der Waals surface area contributed by atoms with Gasteiger partial charge in [-0.25, -0.2) is 4.98 Å². The van der Waals surface area contributed by atoms with Crippen molar-refractivity contribution in [1.29, 1.82) is 0 Å². The fourth-order valence-electron chi connectivity index (χ4n) is 8.80. The molecule has 0 aliphatic rings. The maximum Gasteiger partial charge on any atom is 0.149 e. The van der Waals surface area contributed by atoms with E-state index in [-0.39, 0.29) is 28.1 Å². The number of fused-ring (bicyclic) bond motifs is 1. The van der Waals surface area contributed by atoms with Crippen LogP contribution in [0, 0.1) is 13.8 Å². The molecular formula is C62H69N3O. The van der Waals surface area contributed by atoms with Gasteiger partial charge < -0.3 is 5.11 Å². The van der Waals surface area contributed by atoms with Crippen molar-refractivity contribution in [3.8, 4) is 67.5 Å². The first-order valence-corrected chi connectivity index (χ1v) is 23.4. The Morgan fingerprint density at radius 2 is 1.24 bits per heavy atom. The van der Waals surface area contributed by atoms with Crippen LogP contribution in [0.25, 0.3) is 72.7 Å². The molecule has 0 amide bonds. The Labute approximate surface area is 400 Å². The number of aromatic hydroxyl groups is 1. The van der Waals surface area contributed by atoms with E-state index in [2.05, 4.69) is 156 Å². The highest BCUT2D eigenvalue weighted by molar-refractivity contribution is 5.97. The van der Waals surface area contributed by atoms with Crippen LogP contribution in [0.1, 0.15) is 146 Å². The summed E-state index contributed by atoms with van der Waals surface area (Å²) >= 11 is 0. The third-order valence-corrected chi connectivity index (χ3v) is 13.0. The summed E-state index contributed by atoms with van der Waals surface area (Å²) in [6.45, 7) is 27.0. The average molecular weight is 876 g/mol. The van der Waals surface area contributed by atoms with E-state index in [9.17, 15) is 5.11 Å². The zero-order valence-corrected chi connectivity index (χ0v) is 41.5. The molecule has 0 atom stereocenters. The maximum absolute atomic E-state index is 12.6. The van der Waals surface area contributed by atoms with Crippen LogP contribution >= 0.6 is 0 Å². The number of hydrogen-bond donors (Lipinski definition) is 1. The molecule has 0 saturated carbocycles. The first-order valence-electron chi connectivity index (χ1n) is 25.4. The Hall–Kier alpha value is -6.26. The van der Waals surface area contributed by atoms with Crippen LogP contribution in [0.15, 0.2) is 128 Å². The number of benzene rings is 6. The molecule has 2 heterocycles. The third kappa shape index (κ3) is 9.12. The minimum atomic E-state index is -2.55. The molecule has 8 aromatic rings. The molecule has 0 aliphatic heterocycles. The molecule has 0 aliphatic carbocycles. The van der Waals surface area contributed by atoms with Gasteiger partial charge in [0.2, 0.25) is 0 Å². The summed E-state index contributed by atoms with van der Waals surface area (Å²) < 4.78 is 38.3. The molecular weight excluding hydrogens is 803 g/mol. The predicted octanol–water partition coefficient (Wildman–Crippen LogP) is 17.2. The zero-order valence-electron chi connectivity index (χ0n) is 45.5. The quantitative estimate of drug-likeness (QED) is 0.165. The molecule has 1 N–H and O–H groups in total. The molecule has 4 nitrogen and oxygen atoms in total. The van der Waals surface area contributed by atoms with Gasteiger partial charge in [0, 0.05) is 28.4 Å². The summed E-state index contributed by atoms with van der Waals surface area (Å²) in [7, 11) is 0. The number of aromatic nitrogens is 3. The van der Waals surface area contributed by atoms with Crippen molar-refractivity contribution < 1.29 is 10.6 Å². The van der Waals surface area contributed by atoms with E-state index in [0.29, 0.717) is 28.1 Å². The number of rotatable bonds is 8. The molecule has 338 valence electrons. The van der Waals surface area contributed by atoms with Crippen molar-refractivity contribution in [3.63, 3.8) is 0 Å². The van der Waals surface area contributed by atoms with Gasteiger partial charge in [0.05, 0.1) is 28.0 Å². The lowest BCUT2D eigenvalue weighted by Crippen LogP contribution is -2.17. The molecule has 0 spiro atoms. The van der Waals surface area contributed by atoms with Crippen LogP contribution in [-0.2, 0) is 16.2 Å². The number of imidazole rings is 1. The normalized spacial score (nSPS) is 13.7. The minimum absolute atomic E-state index is 0.109. The molecule has 0 unspecified atom stereocenters. The standard InChI is InChI=1S/C62H69N3O/c1-37(2)44-28-45(38(3)4)30-46(29-44)42-23-24-55(40(6)27-42)65-56-18-16-17-51(57(56)64-59(65)52-35-50(61(10,11)12)36-53(58(52)66)62(13,14)15)47-31-48(33-49(32-47)60(7,8)9)54-34-43(25-26-63-54)41-21-19-39(5)20-22-41/h16-38,66H,1-15H3/i6D3,37D. The molecule has 66 heavy (non-hydrogen) atoms. The monoisotopic (exact) mass is 876 g/mol. The average Bonchev–Trinajstić information content (AvgIpc) is 3.66. The van der Waals surface area contributed by atoms with Crippen LogP contribution in [-0.4, -0.2) is 19.6 Å². The van der Waals surface area contributed by atoms with Crippen molar-refractivity contribution in [2.24, 2.45) is 0 Å². The summed E-state index contributed by atoms with van der Waals surface area (Å²) in [6, 6.07) is 41.5. The summed E-state index contributed by atoms with van der Waals surface area (Å²) in [6.07, 6.45) is 1.87. The van der Waals surface area contributed by atoms with Crippen LogP contribution in [0.4, 0.5) is 0 Å². The second-order valence-electron chi connectivity index (χ2n) is 21.9. The number of phenolic OH excluding ortho intramolecular Hbond substituents is 1. The van der Waals surface area contributed by atoms with Crippen molar-refractivity contribution >= 4 is 11.0 Å². The van der Waals surface area contributed by atoms with E-state index in [4.69, 9.17) is 15.5 Å². The number of nitrogens with zero attached hydrogens (tertiary/aromatic N) is 3. The molecule has 6 aromatic carbocycles. The highest BCUT2D eigenvalue weighted by Crippen LogP contribution is 2.45. The molecule has 0 bridgehead atoms. The lowest BCUT2D eigenvalue weighted by Gasteiger charge is -2.27. The van der Waals surface area contributed by atoms with Crippen LogP contribution in [0.5, 0.6) is 5.75 Å². The van der Waals surface area contributed by atoms with Crippen molar-refractivity contribution in [1.82, 2.24) is 14.5 Å². The van der Waals surface area contributed by atoms with E-state index in [1.807, 2.05) is 67.1 Å². The molecule has 4 heteroatoms. The van der Waals surface area contributed by atoms with E-state index in [1.54, 1.807) is 6.07 Å². The number of pyridine rings is 1. The van der Waals surface area contributed by atoms with Gasteiger partial charge in [0.25, 0.3) is 0 Å². The van der Waals surface area contributed by atoms with Gasteiger partial charge in [0.15, 0.2) is 0 Å². The van der Waals surface area contributed by atoms with E-state index >= 15 is 0 Å². The highest BCUT2D eigenvalue weighted by atomic mass is 16.3. The van der Waals surface area contributed by atoms with Crippen LogP contribution < -0.4 is 0 Å². The van der Waals surface area contributed by atoms with Gasteiger partial charge in [0.1, 0.15) is 11.6 Å². The summed E-state index contributed by atoms with van der Waals surface area (Å²) in [5.74, 6) is -0.113. The topological polar surface area (TPSA) is 50.9 Å². The molecule has 0 fully saturated rings. The van der Waals surface area contributed by atoms with Crippen molar-refractivity contribution in [2.75, 3.05) is 0 Å². The second-order valence-corrected chi connectivity index (χ2v) is 21.9. The smallest absolute Gasteiger partial charge is 0.149 e. The third-order valence-electron chi connectivity index (χ3n) is 13.0. The predicted molar refractivity (Wildman–Crippen MR) is 281 cm³/mol. The van der Waals surface area contributed by atoms with E-state index < -0.39 is 18.2 Å². The summed E-state index contributed by atoms with van der Waals surface area (Å²) in [5, 5.41) is 12.6. The fourth-order valence-corrected chi connectivity index (χ4v) is 8.80. The fraction of sp³-hybridized carbons (Fsp3) is 0.323. The first-order chi connectivity index (χ1) is 32.5. The van der Waals surface area contributed by atoms with Crippen LogP contribution in [0.3, 0.4) is 0 Å². The number of hydrogen-bond acceptors (Lipinski definition) is 3. The summed E-state index contributed by atoms with van der Waals surface area (Å²) in [4.78, 5) is 10.5. The van der Waals surface area contributed by atoms with Gasteiger partial charge >= 0.3 is 0 Å². The Kier molecular flexibility index (Phi) is 10.7. The molecule has 0 radical (unpaired) electrons. The number of phenols is 1. The van der Waals surface area contributed by atoms with Gasteiger partial charge in [-0.05, 0) is 146 Å². The van der Waals surface area contributed by atoms with Crippen LogP contribution in [0.2, 0.25) is 0 Å². The molecule has 2 aromatic heterocycles. The Morgan fingerprint density at radius 3 is 1.89 bits per heavy atom. The van der Waals surface area contributed by atoms with E-state index in [1.165, 1.54) is 5.56 Å². The molecule has 0 saturated heterocycles. The SMILES string of the molecule is [2H]C([2H])([2H])c1cc(-c2cc(C(C)C)cc(C([2H])(C)C)c2)ccc1-n1c(-c2cc(C(C)(C)C)cc(C(C)(C)C)c2O)nc2c(-c3cc(-c4cc(-c5ccc(C)cc5)ccn4)cc(C(C)(C)C)c3)cccc21. The number of aryl methyl sites for hydroxylation is 2. The van der Waals surface area contributed by atoms with Gasteiger partial charge in [-0.3, -0.25) is 9.55 Å². The summed E-state index contributed by atoms with van der Waals surface area (Å²) in [5.41, 5.74) is 15.0. The Balaban J connectivity index is 1.45. The van der Waals surface area contributed by atoms with Crippen molar-refractivity contribution in [2.45, 2.75) is 132 Å². The van der Waals surface area contributed by atoms with Gasteiger partial charge in [-0.15, -0.1) is 0 Å². The zero-order chi connectivity index (χ0) is 51.0. The lowest BCUT2D eigenvalue weighted by molar-refractivity contribution is 0.446. The van der Waals surface area contributed by atoms with E-state index in [0.717, 1.165) is 72.5 Å². The van der Waals surface area contributed by atoms with Gasteiger partial charge in [-0.1, -0.05) is 168 Å². The Bertz CT molecular complexity index is 3270. The highest BCUT2D eigenvalue weighted by Gasteiger charge is 2.29. The minimum Gasteiger partial charge on any atom is -0.507 e. The second kappa shape index (κ2) is 17.2. The first kappa shape index (κ1) is 41.2. The van der Waals surface area contributed by atoms with Gasteiger partial charge in [-0.2, -0.15) is 0 Å². The molecule has 8 rings (SSSR count).